The predicted molar refractivity (Wildman–Crippen MR) is 92.9 cm³/mol. The van der Waals surface area contributed by atoms with Gasteiger partial charge in [-0.3, -0.25) is 9.79 Å². The Morgan fingerprint density at radius 3 is 2.91 bits per heavy atom. The van der Waals surface area contributed by atoms with Crippen LogP contribution in [0.15, 0.2) is 41.1 Å². The number of fused-ring (bicyclic) bond motifs is 1. The Morgan fingerprint density at radius 2 is 2.22 bits per heavy atom. The Kier molecular flexibility index (Phi) is 3.86. The van der Waals surface area contributed by atoms with Crippen molar-refractivity contribution in [3.05, 3.63) is 53.0 Å². The molecule has 2 aromatic rings. The maximum Gasteiger partial charge on any atom is 0.289 e. The summed E-state index contributed by atoms with van der Waals surface area (Å²) in [5.41, 5.74) is 5.88. The van der Waals surface area contributed by atoms with Gasteiger partial charge in [-0.05, 0) is 43.3 Å². The van der Waals surface area contributed by atoms with Crippen LogP contribution in [0.4, 0.5) is 0 Å². The van der Waals surface area contributed by atoms with Crippen molar-refractivity contribution in [2.75, 3.05) is 13.1 Å². The summed E-state index contributed by atoms with van der Waals surface area (Å²) in [6.07, 6.45) is 2.44. The van der Waals surface area contributed by atoms with Crippen molar-refractivity contribution in [1.29, 1.82) is 0 Å². The number of aromatic amines is 1. The van der Waals surface area contributed by atoms with Crippen LogP contribution in [-0.2, 0) is 0 Å². The predicted octanol–water partition coefficient (Wildman–Crippen LogP) is 3.17. The number of carbonyl (C=O) groups excluding carboxylic acids is 1. The topological polar surface area (TPSA) is 61.4 Å². The Labute approximate surface area is 135 Å². The zero-order valence-electron chi connectivity index (χ0n) is 13.5. The Morgan fingerprint density at radius 1 is 1.43 bits per heavy atom. The molecule has 5 nitrogen and oxygen atoms in total. The van der Waals surface area contributed by atoms with E-state index in [4.69, 9.17) is 0 Å². The highest BCUT2D eigenvalue weighted by molar-refractivity contribution is 5.95. The largest absolute Gasteiger partial charge is 0.334 e. The second-order valence-corrected chi connectivity index (χ2v) is 5.80. The summed E-state index contributed by atoms with van der Waals surface area (Å²) >= 11 is 0. The van der Waals surface area contributed by atoms with Gasteiger partial charge in [-0.15, -0.1) is 0 Å². The summed E-state index contributed by atoms with van der Waals surface area (Å²) in [7, 11) is 0. The van der Waals surface area contributed by atoms with Crippen LogP contribution in [0.2, 0.25) is 0 Å². The monoisotopic (exact) mass is 308 g/mol. The Hall–Kier alpha value is -2.69. The first-order valence-electron chi connectivity index (χ1n) is 7.61. The van der Waals surface area contributed by atoms with E-state index in [9.17, 15) is 4.79 Å². The van der Waals surface area contributed by atoms with Crippen LogP contribution in [-0.4, -0.2) is 40.6 Å². The zero-order valence-corrected chi connectivity index (χ0v) is 13.5. The second kappa shape index (κ2) is 5.83. The minimum Gasteiger partial charge on any atom is -0.334 e. The number of benzene rings is 1. The fraction of sp³-hybridized carbons (Fsp3) is 0.278. The number of imidazole rings is 1. The molecular formula is C18H20N4O. The van der Waals surface area contributed by atoms with Crippen LogP contribution >= 0.6 is 0 Å². The molecule has 0 bridgehead atoms. The van der Waals surface area contributed by atoms with Crippen LogP contribution < -0.4 is 0 Å². The maximum atomic E-state index is 12.8. The van der Waals surface area contributed by atoms with Crippen molar-refractivity contribution in [3.8, 4) is 0 Å². The second-order valence-electron chi connectivity index (χ2n) is 5.80. The quantitative estimate of drug-likeness (QED) is 0.885. The summed E-state index contributed by atoms with van der Waals surface area (Å²) < 4.78 is 0. The number of carbonyl (C=O) groups is 1. The number of amides is 1. The molecule has 1 aromatic heterocycles. The van der Waals surface area contributed by atoms with Gasteiger partial charge in [0.15, 0.2) is 5.82 Å². The smallest absolute Gasteiger partial charge is 0.289 e. The van der Waals surface area contributed by atoms with E-state index in [0.29, 0.717) is 25.3 Å². The van der Waals surface area contributed by atoms with Crippen LogP contribution in [0.25, 0.3) is 11.0 Å². The third-order valence-electron chi connectivity index (χ3n) is 4.46. The first-order chi connectivity index (χ1) is 11.0. The highest BCUT2D eigenvalue weighted by atomic mass is 16.2. The molecule has 0 spiro atoms. The molecule has 23 heavy (non-hydrogen) atoms. The highest BCUT2D eigenvalue weighted by Crippen LogP contribution is 2.23. The van der Waals surface area contributed by atoms with Gasteiger partial charge in [0.05, 0.1) is 11.0 Å². The fourth-order valence-corrected chi connectivity index (χ4v) is 2.88. The van der Waals surface area contributed by atoms with E-state index in [2.05, 4.69) is 28.3 Å². The van der Waals surface area contributed by atoms with Crippen molar-refractivity contribution in [2.24, 2.45) is 4.99 Å². The lowest BCUT2D eigenvalue weighted by Gasteiger charge is -2.27. The van der Waals surface area contributed by atoms with Gasteiger partial charge in [-0.25, -0.2) is 4.98 Å². The molecule has 1 aliphatic rings. The van der Waals surface area contributed by atoms with E-state index < -0.39 is 0 Å². The van der Waals surface area contributed by atoms with Gasteiger partial charge in [0.25, 0.3) is 5.91 Å². The average Bonchev–Trinajstić information content (AvgIpc) is 3.02. The number of H-pyrrole nitrogens is 1. The normalized spacial score (nSPS) is 15.1. The van der Waals surface area contributed by atoms with Crippen LogP contribution in [0.3, 0.4) is 0 Å². The summed E-state index contributed by atoms with van der Waals surface area (Å²) in [5, 5.41) is 0. The minimum atomic E-state index is -0.0966. The average molecular weight is 308 g/mol. The number of hydrogen-bond donors (Lipinski definition) is 1. The summed E-state index contributed by atoms with van der Waals surface area (Å²) in [4.78, 5) is 26.2. The lowest BCUT2D eigenvalue weighted by atomic mass is 10.1. The molecule has 0 aliphatic carbocycles. The summed E-state index contributed by atoms with van der Waals surface area (Å²) in [6, 6.07) is 4.00. The number of rotatable bonds is 3. The maximum absolute atomic E-state index is 12.8. The van der Waals surface area contributed by atoms with Gasteiger partial charge in [0, 0.05) is 25.2 Å². The SMILES string of the molecule is C=CC1=C(N=C)CCN(C(=O)c2nc3c(C)c(C)ccc3[nH]2)C1. The van der Waals surface area contributed by atoms with Crippen molar-refractivity contribution in [1.82, 2.24) is 14.9 Å². The Balaban J connectivity index is 1.92. The van der Waals surface area contributed by atoms with E-state index in [1.165, 1.54) is 5.56 Å². The highest BCUT2D eigenvalue weighted by Gasteiger charge is 2.24. The molecule has 0 unspecified atom stereocenters. The van der Waals surface area contributed by atoms with Crippen molar-refractivity contribution in [2.45, 2.75) is 20.3 Å². The molecule has 0 saturated carbocycles. The fourth-order valence-electron chi connectivity index (χ4n) is 2.88. The van der Waals surface area contributed by atoms with Crippen molar-refractivity contribution in [3.63, 3.8) is 0 Å². The summed E-state index contributed by atoms with van der Waals surface area (Å²) in [5.74, 6) is 0.285. The van der Waals surface area contributed by atoms with E-state index >= 15 is 0 Å². The third kappa shape index (κ3) is 2.59. The number of aliphatic imine (C=N–C) groups is 1. The van der Waals surface area contributed by atoms with E-state index in [0.717, 1.165) is 27.9 Å². The lowest BCUT2D eigenvalue weighted by molar-refractivity contribution is 0.0754. The number of nitrogens with one attached hydrogen (secondary N) is 1. The first-order valence-corrected chi connectivity index (χ1v) is 7.61. The molecule has 1 aromatic carbocycles. The molecule has 118 valence electrons. The van der Waals surface area contributed by atoms with E-state index in [1.54, 1.807) is 11.0 Å². The number of aromatic nitrogens is 2. The van der Waals surface area contributed by atoms with Gasteiger partial charge in [-0.1, -0.05) is 18.7 Å². The van der Waals surface area contributed by atoms with Gasteiger partial charge in [-0.2, -0.15) is 0 Å². The first kappa shape index (κ1) is 15.2. The van der Waals surface area contributed by atoms with Gasteiger partial charge in [0.2, 0.25) is 0 Å². The van der Waals surface area contributed by atoms with Crippen LogP contribution in [0.1, 0.15) is 28.2 Å². The molecule has 0 saturated heterocycles. The number of hydrogen-bond acceptors (Lipinski definition) is 3. The number of aryl methyl sites for hydroxylation is 2. The van der Waals surface area contributed by atoms with Gasteiger partial charge in [0.1, 0.15) is 0 Å². The summed E-state index contributed by atoms with van der Waals surface area (Å²) in [6.45, 7) is 12.5. The molecule has 1 aliphatic heterocycles. The van der Waals surface area contributed by atoms with Crippen LogP contribution in [0, 0.1) is 13.8 Å². The zero-order chi connectivity index (χ0) is 16.6. The standard InChI is InChI=1S/C18H20N4O/c1-5-13-10-22(9-8-14(13)19-4)18(23)17-20-15-7-6-11(2)12(3)16(15)21-17/h5-7H,1,4,8-10H2,2-3H3,(H,20,21). The van der Waals surface area contributed by atoms with Crippen molar-refractivity contribution < 1.29 is 4.79 Å². The van der Waals surface area contributed by atoms with Gasteiger partial charge >= 0.3 is 0 Å². The third-order valence-corrected chi connectivity index (χ3v) is 4.46. The molecule has 1 N–H and O–H groups in total. The molecular weight excluding hydrogens is 288 g/mol. The lowest BCUT2D eigenvalue weighted by Crippen LogP contribution is -2.37. The van der Waals surface area contributed by atoms with E-state index in [1.807, 2.05) is 26.0 Å². The molecule has 5 heteroatoms. The number of nitrogens with zero attached hydrogens (tertiary/aromatic N) is 3. The van der Waals surface area contributed by atoms with Gasteiger partial charge < -0.3 is 9.88 Å². The molecule has 0 atom stereocenters. The van der Waals surface area contributed by atoms with E-state index in [-0.39, 0.29) is 5.91 Å². The molecule has 3 rings (SSSR count). The van der Waals surface area contributed by atoms with Crippen molar-refractivity contribution >= 4 is 23.7 Å². The molecule has 0 radical (unpaired) electrons. The Bertz CT molecular complexity index is 844. The molecule has 2 heterocycles. The molecule has 0 fully saturated rings. The minimum absolute atomic E-state index is 0.0966. The van der Waals surface area contributed by atoms with Crippen LogP contribution in [0.5, 0.6) is 0 Å². The molecule has 1 amide bonds.